The van der Waals surface area contributed by atoms with Crippen LogP contribution in [0.3, 0.4) is 0 Å². The van der Waals surface area contributed by atoms with Crippen LogP contribution < -0.4 is 0 Å². The van der Waals surface area contributed by atoms with E-state index >= 15 is 0 Å². The van der Waals surface area contributed by atoms with Crippen LogP contribution >= 0.6 is 0 Å². The molecule has 0 saturated heterocycles. The summed E-state index contributed by atoms with van der Waals surface area (Å²) in [5.74, 6) is 1.86. The van der Waals surface area contributed by atoms with Crippen molar-refractivity contribution >= 4 is 0 Å². The quantitative estimate of drug-likeness (QED) is 0.790. The monoisotopic (exact) mass is 260 g/mol. The summed E-state index contributed by atoms with van der Waals surface area (Å²) in [6.45, 7) is 14.9. The first-order valence-corrected chi connectivity index (χ1v) is 7.54. The Morgan fingerprint density at radius 3 is 2.37 bits per heavy atom. The number of aromatic nitrogens is 1. The highest BCUT2D eigenvalue weighted by Crippen LogP contribution is 2.42. The van der Waals surface area contributed by atoms with Gasteiger partial charge in [-0.15, -0.1) is 0 Å². The molecular formula is C17H28N2. The summed E-state index contributed by atoms with van der Waals surface area (Å²) in [6.07, 6.45) is 2.12. The van der Waals surface area contributed by atoms with Crippen molar-refractivity contribution in [2.24, 2.45) is 5.92 Å². The fourth-order valence-electron chi connectivity index (χ4n) is 3.38. The summed E-state index contributed by atoms with van der Waals surface area (Å²) >= 11 is 0. The number of hydrogen-bond donors (Lipinski definition) is 0. The summed E-state index contributed by atoms with van der Waals surface area (Å²) in [7, 11) is 2.24. The van der Waals surface area contributed by atoms with Gasteiger partial charge in [-0.2, -0.15) is 0 Å². The molecule has 1 aromatic heterocycles. The fraction of sp³-hybridized carbons (Fsp3) is 0.706. The lowest BCUT2D eigenvalue weighted by atomic mass is 9.76. The first-order chi connectivity index (χ1) is 8.84. The molecule has 19 heavy (non-hydrogen) atoms. The normalized spacial score (nSPS) is 24.1. The molecule has 2 heterocycles. The van der Waals surface area contributed by atoms with Crippen molar-refractivity contribution in [1.82, 2.24) is 9.88 Å². The Morgan fingerprint density at radius 2 is 1.84 bits per heavy atom. The largest absolute Gasteiger partial charge is 0.299 e. The number of likely N-dealkylation sites (N-methyl/N-ethyl adjacent to an activating group) is 1. The maximum Gasteiger partial charge on any atom is 0.0423 e. The Balaban J connectivity index is 2.68. The molecule has 0 N–H and O–H groups in total. The molecule has 2 atom stereocenters. The van der Waals surface area contributed by atoms with Crippen molar-refractivity contribution in [3.8, 4) is 0 Å². The van der Waals surface area contributed by atoms with Crippen LogP contribution in [0.2, 0.25) is 0 Å². The highest BCUT2D eigenvalue weighted by atomic mass is 15.1. The molecule has 1 aliphatic rings. The van der Waals surface area contributed by atoms with Gasteiger partial charge in [0.05, 0.1) is 0 Å². The third-order valence-electron chi connectivity index (χ3n) is 4.75. The number of nitrogens with zero attached hydrogens (tertiary/aromatic N) is 2. The van der Waals surface area contributed by atoms with E-state index in [1.165, 1.54) is 16.8 Å². The number of pyridine rings is 1. The molecule has 2 nitrogen and oxygen atoms in total. The number of fused-ring (bicyclic) bond motifs is 1. The molecule has 0 bridgehead atoms. The van der Waals surface area contributed by atoms with Crippen LogP contribution in [0.5, 0.6) is 0 Å². The van der Waals surface area contributed by atoms with Gasteiger partial charge in [-0.3, -0.25) is 9.88 Å². The average Bonchev–Trinajstić information content (AvgIpc) is 2.32. The average molecular weight is 260 g/mol. The van der Waals surface area contributed by atoms with Crippen molar-refractivity contribution in [3.63, 3.8) is 0 Å². The van der Waals surface area contributed by atoms with E-state index < -0.39 is 0 Å². The third-order valence-corrected chi connectivity index (χ3v) is 4.75. The van der Waals surface area contributed by atoms with Crippen LogP contribution in [0.25, 0.3) is 0 Å². The molecule has 0 aliphatic carbocycles. The smallest absolute Gasteiger partial charge is 0.0423 e. The van der Waals surface area contributed by atoms with Crippen LogP contribution in [0.1, 0.15) is 74.9 Å². The van der Waals surface area contributed by atoms with Crippen molar-refractivity contribution in [1.29, 1.82) is 0 Å². The van der Waals surface area contributed by atoms with Crippen molar-refractivity contribution in [3.05, 3.63) is 28.6 Å². The van der Waals surface area contributed by atoms with Crippen LogP contribution in [0.4, 0.5) is 0 Å². The lowest BCUT2D eigenvalue weighted by Gasteiger charge is -2.41. The summed E-state index contributed by atoms with van der Waals surface area (Å²) in [4.78, 5) is 7.14. The molecule has 0 radical (unpaired) electrons. The zero-order valence-electron chi connectivity index (χ0n) is 13.5. The molecule has 2 heteroatoms. The van der Waals surface area contributed by atoms with Crippen molar-refractivity contribution in [2.45, 2.75) is 59.4 Å². The van der Waals surface area contributed by atoms with E-state index in [4.69, 9.17) is 0 Å². The molecule has 1 aliphatic heterocycles. The summed E-state index contributed by atoms with van der Waals surface area (Å²) in [5.41, 5.74) is 5.75. The molecule has 0 fully saturated rings. The minimum atomic E-state index is 0.483. The van der Waals surface area contributed by atoms with Crippen LogP contribution in [-0.4, -0.2) is 23.5 Å². The molecule has 2 rings (SSSR count). The Kier molecular flexibility index (Phi) is 4.00. The topological polar surface area (TPSA) is 16.1 Å². The summed E-state index contributed by atoms with van der Waals surface area (Å²) < 4.78 is 0. The standard InChI is InChI=1S/C17H28N2/c1-10(2)14-8-18-12(5)16-13(6)19(7)9-15(11(3)4)17(14)16/h8,10-11,13,15H,9H2,1-7H3/t13-,15?/m0/s1. The first-order valence-electron chi connectivity index (χ1n) is 7.54. The van der Waals surface area contributed by atoms with Crippen LogP contribution in [0.15, 0.2) is 6.20 Å². The van der Waals surface area contributed by atoms with E-state index in [0.29, 0.717) is 23.8 Å². The number of aryl methyl sites for hydroxylation is 1. The van der Waals surface area contributed by atoms with Gasteiger partial charge in [-0.05, 0) is 55.3 Å². The Labute approximate surface area is 118 Å². The molecular weight excluding hydrogens is 232 g/mol. The Bertz CT molecular complexity index is 463. The first kappa shape index (κ1) is 14.5. The predicted octanol–water partition coefficient (Wildman–Crippen LogP) is 4.26. The van der Waals surface area contributed by atoms with Gasteiger partial charge in [0.15, 0.2) is 0 Å². The number of rotatable bonds is 2. The maximum atomic E-state index is 4.67. The summed E-state index contributed by atoms with van der Waals surface area (Å²) in [6, 6.07) is 0.483. The lowest BCUT2D eigenvalue weighted by molar-refractivity contribution is 0.201. The predicted molar refractivity (Wildman–Crippen MR) is 81.7 cm³/mol. The van der Waals surface area contributed by atoms with Gasteiger partial charge in [-0.25, -0.2) is 0 Å². The van der Waals surface area contributed by atoms with E-state index in [-0.39, 0.29) is 0 Å². The van der Waals surface area contributed by atoms with Gasteiger partial charge in [0.2, 0.25) is 0 Å². The molecule has 0 spiro atoms. The van der Waals surface area contributed by atoms with Gasteiger partial charge in [0.25, 0.3) is 0 Å². The van der Waals surface area contributed by atoms with E-state index in [2.05, 4.69) is 64.7 Å². The molecule has 0 saturated carbocycles. The SMILES string of the molecule is Cc1ncc(C(C)C)c2c1[C@H](C)N(C)CC2C(C)C. The molecule has 106 valence electrons. The zero-order valence-corrected chi connectivity index (χ0v) is 13.5. The van der Waals surface area contributed by atoms with Gasteiger partial charge < -0.3 is 0 Å². The van der Waals surface area contributed by atoms with E-state index in [9.17, 15) is 0 Å². The molecule has 0 aromatic carbocycles. The van der Waals surface area contributed by atoms with Crippen LogP contribution in [0, 0.1) is 12.8 Å². The Hall–Kier alpha value is -0.890. The Morgan fingerprint density at radius 1 is 1.21 bits per heavy atom. The highest BCUT2D eigenvalue weighted by Gasteiger charge is 2.34. The van der Waals surface area contributed by atoms with Crippen LogP contribution in [-0.2, 0) is 0 Å². The zero-order chi connectivity index (χ0) is 14.3. The minimum absolute atomic E-state index is 0.483. The van der Waals surface area contributed by atoms with Gasteiger partial charge in [0, 0.05) is 24.5 Å². The molecule has 1 aromatic rings. The highest BCUT2D eigenvalue weighted by molar-refractivity contribution is 5.44. The lowest BCUT2D eigenvalue weighted by Crippen LogP contribution is -2.37. The maximum absolute atomic E-state index is 4.67. The molecule has 0 amide bonds. The van der Waals surface area contributed by atoms with E-state index in [1.807, 2.05) is 0 Å². The minimum Gasteiger partial charge on any atom is -0.299 e. The number of hydrogen-bond acceptors (Lipinski definition) is 2. The van der Waals surface area contributed by atoms with E-state index in [1.54, 1.807) is 5.56 Å². The second-order valence-electron chi connectivity index (χ2n) is 6.75. The van der Waals surface area contributed by atoms with Gasteiger partial charge in [-0.1, -0.05) is 27.7 Å². The third kappa shape index (κ3) is 2.43. The molecule has 1 unspecified atom stereocenters. The second kappa shape index (κ2) is 5.24. The second-order valence-corrected chi connectivity index (χ2v) is 6.75. The van der Waals surface area contributed by atoms with Gasteiger partial charge in [0.1, 0.15) is 0 Å². The van der Waals surface area contributed by atoms with Crippen molar-refractivity contribution in [2.75, 3.05) is 13.6 Å². The summed E-state index contributed by atoms with van der Waals surface area (Å²) in [5, 5.41) is 0. The van der Waals surface area contributed by atoms with Crippen molar-refractivity contribution < 1.29 is 0 Å². The van der Waals surface area contributed by atoms with E-state index in [0.717, 1.165) is 6.54 Å². The van der Waals surface area contributed by atoms with Gasteiger partial charge >= 0.3 is 0 Å². The fourth-order valence-corrected chi connectivity index (χ4v) is 3.38.